The van der Waals surface area contributed by atoms with E-state index in [0.29, 0.717) is 38.2 Å². The van der Waals surface area contributed by atoms with Crippen molar-refractivity contribution in [3.63, 3.8) is 0 Å². The van der Waals surface area contributed by atoms with E-state index >= 15 is 0 Å². The lowest BCUT2D eigenvalue weighted by Crippen LogP contribution is -2.67. The topological polar surface area (TPSA) is 120 Å². The van der Waals surface area contributed by atoms with Crippen LogP contribution in [-0.2, 0) is 11.2 Å². The minimum absolute atomic E-state index is 0.00848. The van der Waals surface area contributed by atoms with Crippen molar-refractivity contribution in [2.75, 3.05) is 32.7 Å². The molecule has 5 rings (SSSR count). The number of rotatable bonds is 4. The Labute approximate surface area is 202 Å². The molecule has 0 bridgehead atoms. The van der Waals surface area contributed by atoms with Crippen molar-refractivity contribution in [3.8, 4) is 0 Å². The summed E-state index contributed by atoms with van der Waals surface area (Å²) in [5.74, 6) is -1.26. The number of amides is 3. The van der Waals surface area contributed by atoms with Crippen LogP contribution in [0.3, 0.4) is 0 Å². The maximum absolute atomic E-state index is 14.7. The predicted octanol–water partition coefficient (Wildman–Crippen LogP) is 0.128. The van der Waals surface area contributed by atoms with Crippen LogP contribution in [0.1, 0.15) is 39.1 Å². The number of carbonyl (C=O) groups excluding carboxylic acids is 3. The highest BCUT2D eigenvalue weighted by molar-refractivity contribution is 5.96. The molecule has 10 nitrogen and oxygen atoms in total. The molecule has 3 saturated heterocycles. The van der Waals surface area contributed by atoms with Crippen LogP contribution in [-0.4, -0.2) is 82.3 Å². The van der Waals surface area contributed by atoms with E-state index in [9.17, 15) is 18.8 Å². The van der Waals surface area contributed by atoms with Crippen molar-refractivity contribution in [1.82, 2.24) is 35.9 Å². The van der Waals surface area contributed by atoms with Gasteiger partial charge in [-0.1, -0.05) is 6.07 Å². The van der Waals surface area contributed by atoms with Gasteiger partial charge in [-0.15, -0.1) is 0 Å². The first-order chi connectivity index (χ1) is 17.0. The highest BCUT2D eigenvalue weighted by Gasteiger charge is 2.40. The number of benzene rings is 1. The van der Waals surface area contributed by atoms with Gasteiger partial charge in [0.1, 0.15) is 12.1 Å². The van der Waals surface area contributed by atoms with Gasteiger partial charge in [-0.25, -0.2) is 19.8 Å². The van der Waals surface area contributed by atoms with Crippen LogP contribution < -0.4 is 16.2 Å². The zero-order valence-corrected chi connectivity index (χ0v) is 19.2. The smallest absolute Gasteiger partial charge is 0.257 e. The highest BCUT2D eigenvalue weighted by Crippen LogP contribution is 2.24. The Bertz CT molecular complexity index is 1110. The molecule has 3 aliphatic rings. The second-order valence-corrected chi connectivity index (χ2v) is 9.20. The number of hydrogen-bond donors (Lipinski definition) is 3. The Morgan fingerprint density at radius 3 is 2.51 bits per heavy atom. The average Bonchev–Trinajstić information content (AvgIpc) is 2.91. The fourth-order valence-corrected chi connectivity index (χ4v) is 5.15. The van der Waals surface area contributed by atoms with Gasteiger partial charge >= 0.3 is 0 Å². The van der Waals surface area contributed by atoms with Crippen LogP contribution in [0, 0.1) is 11.7 Å². The minimum Gasteiger partial charge on any atom is -0.335 e. The van der Waals surface area contributed by atoms with Gasteiger partial charge in [-0.2, -0.15) is 0 Å². The van der Waals surface area contributed by atoms with E-state index in [2.05, 4.69) is 26.1 Å². The summed E-state index contributed by atoms with van der Waals surface area (Å²) in [5, 5.41) is 3.43. The Hall–Kier alpha value is -3.44. The van der Waals surface area contributed by atoms with Gasteiger partial charge in [0.25, 0.3) is 11.8 Å². The molecule has 35 heavy (non-hydrogen) atoms. The zero-order valence-electron chi connectivity index (χ0n) is 19.2. The molecule has 0 saturated carbocycles. The number of hydrazine groups is 1. The number of fused-ring (bicyclic) bond motifs is 1. The number of piperazine rings is 1. The number of nitrogens with zero attached hydrogens (tertiary/aromatic N) is 4. The number of halogens is 1. The molecule has 3 unspecified atom stereocenters. The molecule has 3 aliphatic heterocycles. The van der Waals surface area contributed by atoms with Gasteiger partial charge in [0.05, 0.1) is 17.0 Å². The van der Waals surface area contributed by atoms with E-state index in [-0.39, 0.29) is 35.4 Å². The molecule has 11 heteroatoms. The average molecular weight is 482 g/mol. The van der Waals surface area contributed by atoms with Gasteiger partial charge in [-0.05, 0) is 43.5 Å². The fraction of sp³-hybridized carbons (Fsp3) is 0.458. The summed E-state index contributed by atoms with van der Waals surface area (Å²) < 4.78 is 14.7. The first kappa shape index (κ1) is 23.3. The molecular formula is C24H28FN7O3. The lowest BCUT2D eigenvalue weighted by molar-refractivity contribution is -0.131. The summed E-state index contributed by atoms with van der Waals surface area (Å²) in [5.41, 5.74) is 7.06. The summed E-state index contributed by atoms with van der Waals surface area (Å²) in [6, 6.07) is 4.53. The van der Waals surface area contributed by atoms with Gasteiger partial charge in [0, 0.05) is 50.7 Å². The molecular weight excluding hydrogens is 453 g/mol. The Morgan fingerprint density at radius 2 is 1.77 bits per heavy atom. The highest BCUT2D eigenvalue weighted by atomic mass is 19.1. The van der Waals surface area contributed by atoms with Crippen molar-refractivity contribution in [2.24, 2.45) is 5.92 Å². The van der Waals surface area contributed by atoms with Crippen LogP contribution >= 0.6 is 0 Å². The molecule has 1 aromatic carbocycles. The van der Waals surface area contributed by atoms with Gasteiger partial charge in [0.2, 0.25) is 5.91 Å². The molecule has 3 fully saturated rings. The van der Waals surface area contributed by atoms with Crippen molar-refractivity contribution in [1.29, 1.82) is 0 Å². The third-order valence-electron chi connectivity index (χ3n) is 7.03. The molecule has 4 heterocycles. The van der Waals surface area contributed by atoms with Gasteiger partial charge < -0.3 is 15.1 Å². The summed E-state index contributed by atoms with van der Waals surface area (Å²) in [7, 11) is 0. The molecule has 0 aliphatic carbocycles. The van der Waals surface area contributed by atoms with Crippen LogP contribution in [0.4, 0.5) is 4.39 Å². The molecule has 1 aromatic heterocycles. The minimum atomic E-state index is -0.572. The Balaban J connectivity index is 1.24. The Kier molecular flexibility index (Phi) is 6.69. The largest absolute Gasteiger partial charge is 0.335 e. The van der Waals surface area contributed by atoms with E-state index in [4.69, 9.17) is 0 Å². The number of nitrogens with one attached hydrogen (secondary N) is 3. The summed E-state index contributed by atoms with van der Waals surface area (Å²) in [6.07, 6.45) is 6.61. The quantitative estimate of drug-likeness (QED) is 0.568. The summed E-state index contributed by atoms with van der Waals surface area (Å²) in [4.78, 5) is 48.9. The zero-order chi connectivity index (χ0) is 24.4. The number of carbonyl (C=O) groups is 3. The van der Waals surface area contributed by atoms with Gasteiger partial charge in [0.15, 0.2) is 0 Å². The number of piperidine rings is 1. The maximum atomic E-state index is 14.7. The van der Waals surface area contributed by atoms with E-state index in [0.717, 1.165) is 24.9 Å². The fourth-order valence-electron chi connectivity index (χ4n) is 5.15. The third kappa shape index (κ3) is 4.87. The molecule has 3 atom stereocenters. The van der Waals surface area contributed by atoms with E-state index in [1.807, 2.05) is 0 Å². The van der Waals surface area contributed by atoms with E-state index < -0.39 is 11.7 Å². The van der Waals surface area contributed by atoms with Crippen LogP contribution in [0.15, 0.2) is 36.9 Å². The van der Waals surface area contributed by atoms with Gasteiger partial charge in [-0.3, -0.25) is 19.8 Å². The second-order valence-electron chi connectivity index (χ2n) is 9.20. The molecule has 3 N–H and O–H groups in total. The monoisotopic (exact) mass is 481 g/mol. The van der Waals surface area contributed by atoms with Crippen LogP contribution in [0.25, 0.3) is 0 Å². The molecule has 0 spiro atoms. The molecule has 2 aromatic rings. The third-order valence-corrected chi connectivity index (χ3v) is 7.03. The molecule has 0 radical (unpaired) electrons. The lowest BCUT2D eigenvalue weighted by Gasteiger charge is -2.41. The maximum Gasteiger partial charge on any atom is 0.257 e. The van der Waals surface area contributed by atoms with Crippen molar-refractivity contribution < 1.29 is 18.8 Å². The summed E-state index contributed by atoms with van der Waals surface area (Å²) in [6.45, 7) is 2.17. The SMILES string of the molecule is O=C1NNC(Cc2ccc(F)c(C(=O)N3CCN(C(=O)c4cncnc4)CC3)c2)C2NCCCC12. The van der Waals surface area contributed by atoms with Crippen molar-refractivity contribution in [2.45, 2.75) is 31.3 Å². The van der Waals surface area contributed by atoms with Crippen molar-refractivity contribution in [3.05, 3.63) is 59.4 Å². The summed E-state index contributed by atoms with van der Waals surface area (Å²) >= 11 is 0. The molecule has 3 amide bonds. The van der Waals surface area contributed by atoms with Crippen LogP contribution in [0.5, 0.6) is 0 Å². The number of hydrogen-bond acceptors (Lipinski definition) is 7. The van der Waals surface area contributed by atoms with Crippen LogP contribution in [0.2, 0.25) is 0 Å². The first-order valence-corrected chi connectivity index (χ1v) is 11.9. The lowest BCUT2D eigenvalue weighted by atomic mass is 9.82. The molecule has 184 valence electrons. The first-order valence-electron chi connectivity index (χ1n) is 11.9. The Morgan fingerprint density at radius 1 is 1.06 bits per heavy atom. The second kappa shape index (κ2) is 10.0. The van der Waals surface area contributed by atoms with Crippen molar-refractivity contribution >= 4 is 17.7 Å². The normalized spacial score (nSPS) is 24.5. The number of aromatic nitrogens is 2. The van der Waals surface area contributed by atoms with E-state index in [1.54, 1.807) is 21.9 Å². The predicted molar refractivity (Wildman–Crippen MR) is 124 cm³/mol. The van der Waals surface area contributed by atoms with E-state index in [1.165, 1.54) is 24.8 Å². The standard InChI is InChI=1S/C24H28FN7O3/c25-19-4-3-15(11-20-21-17(2-1-5-28-21)22(33)30-29-20)10-18(19)24(35)32-8-6-31(7-9-32)23(34)16-12-26-14-27-13-16/h3-4,10,12-14,17,20-21,28-29H,1-2,5-9,11H2,(H,30,33).